The van der Waals surface area contributed by atoms with E-state index in [1.807, 2.05) is 65.5 Å². The fourth-order valence-electron chi connectivity index (χ4n) is 3.24. The summed E-state index contributed by atoms with van der Waals surface area (Å²) in [6.45, 7) is 2.58. The molecule has 0 atom stereocenters. The van der Waals surface area contributed by atoms with Gasteiger partial charge in [-0.1, -0.05) is 47.7 Å². The SMILES string of the molecule is COc1ccc(N(Cc2cccs2)C(=O)CSc2nnc(-c3ccc(C)cc3)n2C)cc1. The van der Waals surface area contributed by atoms with Crippen LogP contribution >= 0.6 is 23.1 Å². The van der Waals surface area contributed by atoms with Gasteiger partial charge in [-0.15, -0.1) is 21.5 Å². The predicted molar refractivity (Wildman–Crippen MR) is 130 cm³/mol. The van der Waals surface area contributed by atoms with Crippen LogP contribution in [0.3, 0.4) is 0 Å². The van der Waals surface area contributed by atoms with Gasteiger partial charge in [-0.05, 0) is 42.6 Å². The van der Waals surface area contributed by atoms with E-state index in [0.29, 0.717) is 11.7 Å². The number of hydrogen-bond acceptors (Lipinski definition) is 6. The van der Waals surface area contributed by atoms with Gasteiger partial charge >= 0.3 is 0 Å². The molecule has 32 heavy (non-hydrogen) atoms. The third-order valence-corrected chi connectivity index (χ3v) is 6.91. The molecular weight excluding hydrogens is 440 g/mol. The Hall–Kier alpha value is -3.10. The van der Waals surface area contributed by atoms with Crippen LogP contribution in [0.5, 0.6) is 5.75 Å². The third-order valence-electron chi connectivity index (χ3n) is 5.05. The Morgan fingerprint density at radius 2 is 1.84 bits per heavy atom. The molecule has 0 aliphatic carbocycles. The molecule has 0 radical (unpaired) electrons. The molecule has 0 aliphatic rings. The molecule has 0 N–H and O–H groups in total. The molecule has 2 aromatic heterocycles. The molecule has 0 saturated heterocycles. The Morgan fingerprint density at radius 3 is 2.50 bits per heavy atom. The first-order chi connectivity index (χ1) is 15.5. The summed E-state index contributed by atoms with van der Waals surface area (Å²) < 4.78 is 7.19. The molecule has 0 fully saturated rings. The van der Waals surface area contributed by atoms with E-state index in [1.165, 1.54) is 17.3 Å². The zero-order chi connectivity index (χ0) is 22.5. The van der Waals surface area contributed by atoms with Gasteiger partial charge in [-0.3, -0.25) is 4.79 Å². The highest BCUT2D eigenvalue weighted by atomic mass is 32.2. The van der Waals surface area contributed by atoms with Crippen molar-refractivity contribution in [1.82, 2.24) is 14.8 Å². The number of rotatable bonds is 8. The van der Waals surface area contributed by atoms with E-state index in [9.17, 15) is 4.79 Å². The predicted octanol–water partition coefficient (Wildman–Crippen LogP) is 5.19. The Morgan fingerprint density at radius 1 is 1.09 bits per heavy atom. The lowest BCUT2D eigenvalue weighted by Gasteiger charge is -2.22. The topological polar surface area (TPSA) is 60.2 Å². The maximum atomic E-state index is 13.2. The van der Waals surface area contributed by atoms with E-state index in [2.05, 4.69) is 29.3 Å². The van der Waals surface area contributed by atoms with Crippen molar-refractivity contribution in [3.05, 3.63) is 76.5 Å². The van der Waals surface area contributed by atoms with E-state index in [4.69, 9.17) is 4.74 Å². The normalized spacial score (nSPS) is 10.8. The van der Waals surface area contributed by atoms with Crippen LogP contribution in [0.25, 0.3) is 11.4 Å². The number of thioether (sulfide) groups is 1. The lowest BCUT2D eigenvalue weighted by atomic mass is 10.1. The molecule has 164 valence electrons. The monoisotopic (exact) mass is 464 g/mol. The minimum atomic E-state index is 0.00783. The van der Waals surface area contributed by atoms with Gasteiger partial charge in [0.15, 0.2) is 11.0 Å². The molecular formula is C24H24N4O2S2. The third kappa shape index (κ3) is 5.03. The van der Waals surface area contributed by atoms with Crippen molar-refractivity contribution >= 4 is 34.7 Å². The van der Waals surface area contributed by atoms with E-state index in [-0.39, 0.29) is 11.7 Å². The van der Waals surface area contributed by atoms with E-state index in [1.54, 1.807) is 23.3 Å². The molecule has 2 aromatic carbocycles. The Bertz CT molecular complexity index is 1170. The summed E-state index contributed by atoms with van der Waals surface area (Å²) in [5, 5.41) is 11.4. The number of aryl methyl sites for hydroxylation is 1. The number of anilines is 1. The van der Waals surface area contributed by atoms with Crippen LogP contribution in [0.1, 0.15) is 10.4 Å². The highest BCUT2D eigenvalue weighted by Crippen LogP contribution is 2.26. The van der Waals surface area contributed by atoms with Crippen LogP contribution < -0.4 is 9.64 Å². The number of carbonyl (C=O) groups excluding carboxylic acids is 1. The van der Waals surface area contributed by atoms with Gasteiger partial charge in [-0.2, -0.15) is 0 Å². The lowest BCUT2D eigenvalue weighted by molar-refractivity contribution is -0.116. The number of benzene rings is 2. The number of hydrogen-bond donors (Lipinski definition) is 0. The molecule has 1 amide bonds. The second-order valence-electron chi connectivity index (χ2n) is 7.28. The number of nitrogens with zero attached hydrogens (tertiary/aromatic N) is 4. The van der Waals surface area contributed by atoms with Gasteiger partial charge in [0.05, 0.1) is 19.4 Å². The summed E-state index contributed by atoms with van der Waals surface area (Å²) in [4.78, 5) is 16.2. The van der Waals surface area contributed by atoms with Crippen molar-refractivity contribution in [2.45, 2.75) is 18.6 Å². The van der Waals surface area contributed by atoms with E-state index < -0.39 is 0 Å². The fraction of sp³-hybridized carbons (Fsp3) is 0.208. The van der Waals surface area contributed by atoms with Crippen LogP contribution in [0, 0.1) is 6.92 Å². The highest BCUT2D eigenvalue weighted by Gasteiger charge is 2.19. The zero-order valence-electron chi connectivity index (χ0n) is 18.2. The van der Waals surface area contributed by atoms with E-state index >= 15 is 0 Å². The van der Waals surface area contributed by atoms with Crippen LogP contribution in [-0.4, -0.2) is 33.5 Å². The maximum Gasteiger partial charge on any atom is 0.237 e. The number of thiophene rings is 1. The van der Waals surface area contributed by atoms with Crippen molar-refractivity contribution in [3.63, 3.8) is 0 Å². The number of carbonyl (C=O) groups is 1. The Labute approximate surface area is 195 Å². The van der Waals surface area contributed by atoms with Crippen molar-refractivity contribution in [1.29, 1.82) is 0 Å². The van der Waals surface area contributed by atoms with Gasteiger partial charge in [-0.25, -0.2) is 0 Å². The average Bonchev–Trinajstić information content (AvgIpc) is 3.46. The molecule has 0 unspecified atom stereocenters. The van der Waals surface area contributed by atoms with Gasteiger partial charge in [0.1, 0.15) is 5.75 Å². The summed E-state index contributed by atoms with van der Waals surface area (Å²) in [5.74, 6) is 1.81. The van der Waals surface area contributed by atoms with Crippen LogP contribution in [-0.2, 0) is 18.4 Å². The van der Waals surface area contributed by atoms with Crippen LogP contribution in [0.15, 0.2) is 71.2 Å². The number of aromatic nitrogens is 3. The van der Waals surface area contributed by atoms with Crippen molar-refractivity contribution in [2.24, 2.45) is 7.05 Å². The van der Waals surface area contributed by atoms with Crippen molar-refractivity contribution in [3.8, 4) is 17.1 Å². The summed E-state index contributed by atoms with van der Waals surface area (Å²) in [6, 6.07) is 19.8. The van der Waals surface area contributed by atoms with Crippen molar-refractivity contribution < 1.29 is 9.53 Å². The molecule has 0 spiro atoms. The molecule has 8 heteroatoms. The second-order valence-corrected chi connectivity index (χ2v) is 9.25. The van der Waals surface area contributed by atoms with Crippen molar-refractivity contribution in [2.75, 3.05) is 17.8 Å². The second kappa shape index (κ2) is 10.0. The summed E-state index contributed by atoms with van der Waals surface area (Å²) in [7, 11) is 3.56. The standard InChI is InChI=1S/C24H24N4O2S2/c1-17-6-8-18(9-7-17)23-25-26-24(27(23)2)32-16-22(29)28(15-21-5-4-14-31-21)19-10-12-20(30-3)13-11-19/h4-14H,15-16H2,1-3H3. The molecule has 2 heterocycles. The average molecular weight is 465 g/mol. The molecule has 4 aromatic rings. The first-order valence-electron chi connectivity index (χ1n) is 10.1. The zero-order valence-corrected chi connectivity index (χ0v) is 19.8. The molecule has 0 bridgehead atoms. The Kier molecular flexibility index (Phi) is 6.92. The smallest absolute Gasteiger partial charge is 0.237 e. The number of methoxy groups -OCH3 is 1. The number of ether oxygens (including phenoxy) is 1. The maximum absolute atomic E-state index is 13.2. The lowest BCUT2D eigenvalue weighted by Crippen LogP contribution is -2.31. The summed E-state index contributed by atoms with van der Waals surface area (Å²) in [6.07, 6.45) is 0. The number of amides is 1. The molecule has 6 nitrogen and oxygen atoms in total. The first-order valence-corrected chi connectivity index (χ1v) is 12.0. The summed E-state index contributed by atoms with van der Waals surface area (Å²) >= 11 is 3.03. The summed E-state index contributed by atoms with van der Waals surface area (Å²) in [5.41, 5.74) is 3.03. The highest BCUT2D eigenvalue weighted by molar-refractivity contribution is 7.99. The quantitative estimate of drug-likeness (QED) is 0.336. The Balaban J connectivity index is 1.50. The minimum absolute atomic E-state index is 0.00783. The van der Waals surface area contributed by atoms with Gasteiger partial charge in [0, 0.05) is 23.2 Å². The largest absolute Gasteiger partial charge is 0.497 e. The van der Waals surface area contributed by atoms with Crippen LogP contribution in [0.4, 0.5) is 5.69 Å². The van der Waals surface area contributed by atoms with Gasteiger partial charge in [0.2, 0.25) is 5.91 Å². The van der Waals surface area contributed by atoms with Gasteiger partial charge in [0.25, 0.3) is 0 Å². The van der Waals surface area contributed by atoms with Gasteiger partial charge < -0.3 is 14.2 Å². The van der Waals surface area contributed by atoms with E-state index in [0.717, 1.165) is 27.7 Å². The molecule has 0 aliphatic heterocycles. The van der Waals surface area contributed by atoms with Crippen LogP contribution in [0.2, 0.25) is 0 Å². The fourth-order valence-corrected chi connectivity index (χ4v) is 4.72. The molecule has 4 rings (SSSR count). The minimum Gasteiger partial charge on any atom is -0.497 e. The molecule has 0 saturated carbocycles. The first kappa shape index (κ1) is 22.1.